The van der Waals surface area contributed by atoms with E-state index in [4.69, 9.17) is 0 Å². The van der Waals surface area contributed by atoms with Crippen molar-refractivity contribution in [1.82, 2.24) is 31.3 Å². The molecule has 5 N–H and O–H groups in total. The van der Waals surface area contributed by atoms with Crippen LogP contribution in [-0.4, -0.2) is 69.3 Å². The maximum atomic E-state index is 13.6. The van der Waals surface area contributed by atoms with Crippen molar-refractivity contribution in [3.05, 3.63) is 89.5 Å². The molecule has 4 aromatic rings. The number of carbonyl (C=O) groups is 2. The van der Waals surface area contributed by atoms with Crippen molar-refractivity contribution in [2.45, 2.75) is 44.9 Å². The average Bonchev–Trinajstić information content (AvgIpc) is 3.70. The second-order valence-electron chi connectivity index (χ2n) is 10.4. The maximum absolute atomic E-state index is 13.6. The summed E-state index contributed by atoms with van der Waals surface area (Å²) in [6.07, 6.45) is 0.886. The van der Waals surface area contributed by atoms with Gasteiger partial charge in [0.2, 0.25) is 11.7 Å². The van der Waals surface area contributed by atoms with E-state index in [2.05, 4.69) is 36.6 Å². The van der Waals surface area contributed by atoms with Crippen molar-refractivity contribution in [2.75, 3.05) is 29.9 Å². The van der Waals surface area contributed by atoms with Crippen LogP contribution in [0, 0.1) is 0 Å². The van der Waals surface area contributed by atoms with Crippen LogP contribution in [0.5, 0.6) is 0 Å². The molecule has 0 bridgehead atoms. The zero-order valence-electron chi connectivity index (χ0n) is 23.6. The van der Waals surface area contributed by atoms with E-state index in [0.29, 0.717) is 49.6 Å². The summed E-state index contributed by atoms with van der Waals surface area (Å²) in [5.74, 6) is 0.259. The summed E-state index contributed by atoms with van der Waals surface area (Å²) >= 11 is 0. The molecule has 218 valence electrons. The average molecular weight is 569 g/mol. The van der Waals surface area contributed by atoms with Crippen LogP contribution in [0.2, 0.25) is 0 Å². The van der Waals surface area contributed by atoms with Gasteiger partial charge in [0, 0.05) is 55.1 Å². The number of aliphatic hydroxyl groups excluding tert-OH is 1. The molecule has 1 saturated heterocycles. The lowest BCUT2D eigenvalue weighted by Crippen LogP contribution is -2.48. The molecule has 1 aliphatic rings. The molecule has 11 nitrogen and oxygen atoms in total. The SMILES string of the molecule is CCNc1cc(C(=O)N[C@@H](Cc2ccccc2)[C@H](O)CNCc2cccc(-c3nn[nH]n3)c2)cc(N2CCCC2=O)c1. The number of anilines is 2. The number of aromatic nitrogens is 4. The third kappa shape index (κ3) is 7.36. The Hall–Kier alpha value is -4.61. The van der Waals surface area contributed by atoms with E-state index in [1.807, 2.05) is 67.6 Å². The number of benzene rings is 3. The molecule has 3 aromatic carbocycles. The van der Waals surface area contributed by atoms with Crippen LogP contribution in [0.4, 0.5) is 11.4 Å². The minimum Gasteiger partial charge on any atom is -0.390 e. The van der Waals surface area contributed by atoms with Crippen LogP contribution in [0.3, 0.4) is 0 Å². The van der Waals surface area contributed by atoms with Gasteiger partial charge in [0.05, 0.1) is 12.1 Å². The minimum atomic E-state index is -0.869. The summed E-state index contributed by atoms with van der Waals surface area (Å²) in [6.45, 7) is 4.06. The highest BCUT2D eigenvalue weighted by Gasteiger charge is 2.26. The predicted octanol–water partition coefficient (Wildman–Crippen LogP) is 2.92. The first-order valence-corrected chi connectivity index (χ1v) is 14.3. The number of H-pyrrole nitrogens is 1. The molecule has 1 aliphatic heterocycles. The molecule has 2 atom stereocenters. The highest BCUT2D eigenvalue weighted by molar-refractivity contribution is 6.00. The normalized spacial score (nSPS) is 14.5. The number of amides is 2. The lowest BCUT2D eigenvalue weighted by Gasteiger charge is -2.25. The molecule has 0 radical (unpaired) electrons. The monoisotopic (exact) mass is 568 g/mol. The lowest BCUT2D eigenvalue weighted by atomic mass is 10.00. The summed E-state index contributed by atoms with van der Waals surface area (Å²) in [4.78, 5) is 27.8. The summed E-state index contributed by atoms with van der Waals surface area (Å²) in [7, 11) is 0. The smallest absolute Gasteiger partial charge is 0.251 e. The molecule has 1 aromatic heterocycles. The first-order chi connectivity index (χ1) is 20.5. The van der Waals surface area contributed by atoms with Gasteiger partial charge in [-0.15, -0.1) is 10.2 Å². The van der Waals surface area contributed by atoms with Gasteiger partial charge in [0.15, 0.2) is 0 Å². The Morgan fingerprint density at radius 1 is 1.07 bits per heavy atom. The number of rotatable bonds is 13. The molecule has 0 aliphatic carbocycles. The Morgan fingerprint density at radius 3 is 2.64 bits per heavy atom. The predicted molar refractivity (Wildman–Crippen MR) is 161 cm³/mol. The second kappa shape index (κ2) is 13.8. The van der Waals surface area contributed by atoms with Crippen molar-refractivity contribution in [1.29, 1.82) is 0 Å². The van der Waals surface area contributed by atoms with E-state index < -0.39 is 12.1 Å². The Balaban J connectivity index is 1.29. The second-order valence-corrected chi connectivity index (χ2v) is 10.4. The van der Waals surface area contributed by atoms with Gasteiger partial charge in [-0.2, -0.15) is 5.21 Å². The molecule has 0 unspecified atom stereocenters. The number of hydrogen-bond donors (Lipinski definition) is 5. The van der Waals surface area contributed by atoms with Crippen molar-refractivity contribution < 1.29 is 14.7 Å². The fraction of sp³-hybridized carbons (Fsp3) is 0.323. The Labute approximate surface area is 244 Å². The van der Waals surface area contributed by atoms with Crippen molar-refractivity contribution in [3.63, 3.8) is 0 Å². The molecule has 0 saturated carbocycles. The number of nitrogens with one attached hydrogen (secondary N) is 4. The highest BCUT2D eigenvalue weighted by atomic mass is 16.3. The summed E-state index contributed by atoms with van der Waals surface area (Å²) < 4.78 is 0. The fourth-order valence-electron chi connectivity index (χ4n) is 5.14. The van der Waals surface area contributed by atoms with Gasteiger partial charge in [0.1, 0.15) is 0 Å². The first-order valence-electron chi connectivity index (χ1n) is 14.3. The quantitative estimate of drug-likeness (QED) is 0.165. The molecule has 11 heteroatoms. The number of tetrazole rings is 1. The largest absolute Gasteiger partial charge is 0.390 e. The first kappa shape index (κ1) is 28.9. The third-order valence-corrected chi connectivity index (χ3v) is 7.24. The zero-order valence-corrected chi connectivity index (χ0v) is 23.6. The summed E-state index contributed by atoms with van der Waals surface area (Å²) in [5.41, 5.74) is 4.74. The lowest BCUT2D eigenvalue weighted by molar-refractivity contribution is -0.117. The van der Waals surface area contributed by atoms with Crippen molar-refractivity contribution >= 4 is 23.2 Å². The molecule has 42 heavy (non-hydrogen) atoms. The van der Waals surface area contributed by atoms with Gasteiger partial charge in [-0.3, -0.25) is 9.59 Å². The third-order valence-electron chi connectivity index (χ3n) is 7.24. The zero-order chi connectivity index (χ0) is 29.3. The maximum Gasteiger partial charge on any atom is 0.251 e. The van der Waals surface area contributed by atoms with Gasteiger partial charge in [-0.1, -0.05) is 48.5 Å². The van der Waals surface area contributed by atoms with Crippen LogP contribution in [0.15, 0.2) is 72.8 Å². The Bertz CT molecular complexity index is 1480. The van der Waals surface area contributed by atoms with E-state index >= 15 is 0 Å². The fourth-order valence-corrected chi connectivity index (χ4v) is 5.14. The Morgan fingerprint density at radius 2 is 1.90 bits per heavy atom. The minimum absolute atomic E-state index is 0.0567. The van der Waals surface area contributed by atoms with E-state index in [0.717, 1.165) is 28.8 Å². The van der Waals surface area contributed by atoms with E-state index in [1.54, 1.807) is 17.0 Å². The van der Waals surface area contributed by atoms with E-state index in [-0.39, 0.29) is 18.4 Å². The van der Waals surface area contributed by atoms with Gasteiger partial charge < -0.3 is 26.0 Å². The van der Waals surface area contributed by atoms with Crippen molar-refractivity contribution in [3.8, 4) is 11.4 Å². The Kier molecular flexibility index (Phi) is 9.52. The number of nitrogens with zero attached hydrogens (tertiary/aromatic N) is 4. The standard InChI is InChI=1S/C31H36N8O3/c1-2-33-25-16-24(17-26(18-25)39-13-7-12-29(39)41)31(42)34-27(15-21-8-4-3-5-9-21)28(40)20-32-19-22-10-6-11-23(14-22)30-35-37-38-36-30/h3-6,8-11,14,16-18,27-28,32-33,40H,2,7,12-13,15,19-20H2,1H3,(H,34,42)(H,35,36,37,38)/t27-,28+/m0/s1. The molecule has 2 amide bonds. The van der Waals surface area contributed by atoms with Crippen LogP contribution >= 0.6 is 0 Å². The van der Waals surface area contributed by atoms with Crippen LogP contribution in [-0.2, 0) is 17.8 Å². The number of carbonyl (C=O) groups excluding carboxylic acids is 2. The topological polar surface area (TPSA) is 148 Å². The molecular weight excluding hydrogens is 532 g/mol. The van der Waals surface area contributed by atoms with Crippen LogP contribution in [0.25, 0.3) is 11.4 Å². The molecule has 1 fully saturated rings. The van der Waals surface area contributed by atoms with Gasteiger partial charge >= 0.3 is 0 Å². The number of aliphatic hydroxyl groups is 1. The summed E-state index contributed by atoms with van der Waals surface area (Å²) in [5, 5.41) is 35.0. The van der Waals surface area contributed by atoms with Gasteiger partial charge in [-0.25, -0.2) is 0 Å². The van der Waals surface area contributed by atoms with Crippen molar-refractivity contribution in [2.24, 2.45) is 0 Å². The van der Waals surface area contributed by atoms with Crippen LogP contribution in [0.1, 0.15) is 41.3 Å². The molecule has 2 heterocycles. The van der Waals surface area contributed by atoms with E-state index in [9.17, 15) is 14.7 Å². The molecular formula is C31H36N8O3. The summed E-state index contributed by atoms with van der Waals surface area (Å²) in [6, 6.07) is 22.4. The number of aromatic amines is 1. The highest BCUT2D eigenvalue weighted by Crippen LogP contribution is 2.27. The van der Waals surface area contributed by atoms with Gasteiger partial charge in [0.25, 0.3) is 5.91 Å². The number of hydrogen-bond acceptors (Lipinski definition) is 8. The molecule has 0 spiro atoms. The molecule has 5 rings (SSSR count). The van der Waals surface area contributed by atoms with Gasteiger partial charge in [-0.05, 0) is 60.4 Å². The van der Waals surface area contributed by atoms with E-state index in [1.165, 1.54) is 0 Å². The van der Waals surface area contributed by atoms with Crippen LogP contribution < -0.4 is 20.9 Å².